The van der Waals surface area contributed by atoms with Crippen molar-refractivity contribution in [3.05, 3.63) is 16.3 Å². The molecule has 0 aliphatic carbocycles. The lowest BCUT2D eigenvalue weighted by molar-refractivity contribution is 0.0320. The fourth-order valence-corrected chi connectivity index (χ4v) is 3.47. The molecular formula is C10H17NO5S2. The van der Waals surface area contributed by atoms with Gasteiger partial charge in [-0.25, -0.2) is 13.1 Å². The average Bonchev–Trinajstić information content (AvgIpc) is 2.84. The lowest BCUT2D eigenvalue weighted by Gasteiger charge is -2.14. The van der Waals surface area contributed by atoms with Gasteiger partial charge in [-0.1, -0.05) is 0 Å². The molecule has 0 saturated heterocycles. The molecule has 1 heterocycles. The van der Waals surface area contributed by atoms with Gasteiger partial charge >= 0.3 is 0 Å². The molecule has 0 saturated carbocycles. The Morgan fingerprint density at radius 3 is 2.72 bits per heavy atom. The number of sulfonamides is 1. The number of hydrogen-bond acceptors (Lipinski definition) is 6. The molecule has 2 N–H and O–H groups in total. The van der Waals surface area contributed by atoms with Crippen molar-refractivity contribution >= 4 is 21.4 Å². The van der Waals surface area contributed by atoms with E-state index in [9.17, 15) is 8.42 Å². The smallest absolute Gasteiger partial charge is 0.241 e. The van der Waals surface area contributed by atoms with Crippen molar-refractivity contribution in [1.82, 2.24) is 4.72 Å². The fraction of sp³-hybridized carbons (Fsp3) is 0.600. The van der Waals surface area contributed by atoms with E-state index >= 15 is 0 Å². The highest BCUT2D eigenvalue weighted by atomic mass is 32.2. The van der Waals surface area contributed by atoms with Crippen LogP contribution >= 0.6 is 11.3 Å². The first-order valence-electron chi connectivity index (χ1n) is 5.23. The van der Waals surface area contributed by atoms with E-state index in [-0.39, 0.29) is 24.2 Å². The van der Waals surface area contributed by atoms with Crippen molar-refractivity contribution in [2.45, 2.75) is 17.6 Å². The predicted molar refractivity (Wildman–Crippen MR) is 68.1 cm³/mol. The van der Waals surface area contributed by atoms with Crippen molar-refractivity contribution in [2.24, 2.45) is 0 Å². The summed E-state index contributed by atoms with van der Waals surface area (Å²) in [4.78, 5) is 0.763. The van der Waals surface area contributed by atoms with Gasteiger partial charge in [0.05, 0.1) is 24.2 Å². The maximum atomic E-state index is 11.9. The zero-order valence-corrected chi connectivity index (χ0v) is 11.9. The number of ether oxygens (including phenoxy) is 2. The Morgan fingerprint density at radius 1 is 1.50 bits per heavy atom. The lowest BCUT2D eigenvalue weighted by atomic mass is 10.4. The molecule has 0 fully saturated rings. The van der Waals surface area contributed by atoms with Crippen LogP contribution in [0.3, 0.4) is 0 Å². The van der Waals surface area contributed by atoms with Gasteiger partial charge in [-0.05, 0) is 6.07 Å². The van der Waals surface area contributed by atoms with Crippen LogP contribution in [0.1, 0.15) is 4.88 Å². The number of aliphatic hydroxyl groups is 1. The van der Waals surface area contributed by atoms with Gasteiger partial charge in [-0.2, -0.15) is 0 Å². The molecule has 1 aromatic heterocycles. The summed E-state index contributed by atoms with van der Waals surface area (Å²) in [7, 11) is -0.546. The van der Waals surface area contributed by atoms with Crippen LogP contribution in [-0.4, -0.2) is 47.0 Å². The summed E-state index contributed by atoms with van der Waals surface area (Å²) < 4.78 is 36.2. The third-order valence-electron chi connectivity index (χ3n) is 2.28. The second kappa shape index (κ2) is 7.17. The van der Waals surface area contributed by atoms with Crippen LogP contribution in [0.4, 0.5) is 0 Å². The van der Waals surface area contributed by atoms with Gasteiger partial charge < -0.3 is 14.6 Å². The Balaban J connectivity index is 2.64. The van der Waals surface area contributed by atoms with Crippen molar-refractivity contribution in [3.63, 3.8) is 0 Å². The van der Waals surface area contributed by atoms with E-state index < -0.39 is 10.0 Å². The number of aliphatic hydroxyl groups excluding tert-OH is 1. The molecule has 0 aromatic carbocycles. The maximum Gasteiger partial charge on any atom is 0.241 e. The monoisotopic (exact) mass is 295 g/mol. The molecule has 0 aliphatic rings. The molecule has 0 spiro atoms. The number of nitrogens with one attached hydrogen (secondary N) is 1. The molecule has 0 aliphatic heterocycles. The van der Waals surface area contributed by atoms with Crippen molar-refractivity contribution in [3.8, 4) is 0 Å². The quantitative estimate of drug-likeness (QED) is 0.714. The predicted octanol–water partition coefficient (Wildman–Crippen LogP) is 0.180. The standard InChI is InChI=1S/C10H17NO5S2/c1-15-6-8(16-2)4-11-18(13,14)10-3-9(5-12)17-7-10/h3,7-8,11-12H,4-6H2,1-2H3. The van der Waals surface area contributed by atoms with E-state index in [1.807, 2.05) is 0 Å². The molecule has 1 atom stereocenters. The third-order valence-corrected chi connectivity index (χ3v) is 4.76. The van der Waals surface area contributed by atoms with Crippen LogP contribution in [0.2, 0.25) is 0 Å². The van der Waals surface area contributed by atoms with Gasteiger partial charge in [-0.15, -0.1) is 11.3 Å². The molecule has 0 radical (unpaired) electrons. The lowest BCUT2D eigenvalue weighted by Crippen LogP contribution is -2.35. The zero-order valence-electron chi connectivity index (χ0n) is 10.3. The molecule has 18 heavy (non-hydrogen) atoms. The van der Waals surface area contributed by atoms with Gasteiger partial charge in [0.2, 0.25) is 10.0 Å². The third kappa shape index (κ3) is 4.30. The summed E-state index contributed by atoms with van der Waals surface area (Å²) >= 11 is 1.20. The van der Waals surface area contributed by atoms with E-state index in [4.69, 9.17) is 14.6 Å². The minimum atomic E-state index is -3.56. The van der Waals surface area contributed by atoms with Crippen LogP contribution in [0, 0.1) is 0 Å². The van der Waals surface area contributed by atoms with E-state index in [0.717, 1.165) is 0 Å². The molecule has 1 unspecified atom stereocenters. The van der Waals surface area contributed by atoms with E-state index in [1.54, 1.807) is 0 Å². The molecular weight excluding hydrogens is 278 g/mol. The maximum absolute atomic E-state index is 11.9. The normalized spacial score (nSPS) is 13.7. The van der Waals surface area contributed by atoms with Gasteiger partial charge in [0.15, 0.2) is 0 Å². The van der Waals surface area contributed by atoms with Gasteiger partial charge in [0.1, 0.15) is 0 Å². The van der Waals surface area contributed by atoms with Gasteiger partial charge in [0, 0.05) is 31.0 Å². The first kappa shape index (κ1) is 15.5. The Labute approximate surface area is 111 Å². The Bertz CT molecular complexity index is 457. The summed E-state index contributed by atoms with van der Waals surface area (Å²) in [6, 6.07) is 1.45. The summed E-state index contributed by atoms with van der Waals surface area (Å²) in [6.07, 6.45) is -0.333. The topological polar surface area (TPSA) is 84.9 Å². The van der Waals surface area contributed by atoms with Crippen LogP contribution in [0.15, 0.2) is 16.3 Å². The first-order chi connectivity index (χ1) is 8.53. The summed E-state index contributed by atoms with van der Waals surface area (Å²) in [5, 5.41) is 10.4. The van der Waals surface area contributed by atoms with E-state index in [2.05, 4.69) is 4.72 Å². The SMILES string of the molecule is COCC(CNS(=O)(=O)c1csc(CO)c1)OC. The van der Waals surface area contributed by atoms with Gasteiger partial charge in [0.25, 0.3) is 0 Å². The highest BCUT2D eigenvalue weighted by Gasteiger charge is 2.18. The minimum absolute atomic E-state index is 0.136. The molecule has 8 heteroatoms. The molecule has 0 amide bonds. The second-order valence-electron chi connectivity index (χ2n) is 3.57. The van der Waals surface area contributed by atoms with Crippen molar-refractivity contribution in [2.75, 3.05) is 27.4 Å². The van der Waals surface area contributed by atoms with Crippen LogP contribution in [-0.2, 0) is 26.1 Å². The largest absolute Gasteiger partial charge is 0.391 e. The molecule has 104 valence electrons. The van der Waals surface area contributed by atoms with Crippen molar-refractivity contribution in [1.29, 1.82) is 0 Å². The van der Waals surface area contributed by atoms with Crippen LogP contribution in [0.25, 0.3) is 0 Å². The first-order valence-corrected chi connectivity index (χ1v) is 7.59. The Morgan fingerprint density at radius 2 is 2.22 bits per heavy atom. The number of rotatable bonds is 8. The van der Waals surface area contributed by atoms with Crippen molar-refractivity contribution < 1.29 is 23.0 Å². The number of hydrogen-bond donors (Lipinski definition) is 2. The molecule has 6 nitrogen and oxygen atoms in total. The molecule has 1 rings (SSSR count). The molecule has 0 bridgehead atoms. The summed E-state index contributed by atoms with van der Waals surface area (Å²) in [5.74, 6) is 0. The number of methoxy groups -OCH3 is 2. The highest BCUT2D eigenvalue weighted by molar-refractivity contribution is 7.89. The summed E-state index contributed by atoms with van der Waals surface area (Å²) in [6.45, 7) is 0.284. The number of thiophene rings is 1. The summed E-state index contributed by atoms with van der Waals surface area (Å²) in [5.41, 5.74) is 0. The van der Waals surface area contributed by atoms with Crippen LogP contribution < -0.4 is 4.72 Å². The van der Waals surface area contributed by atoms with Gasteiger partial charge in [-0.3, -0.25) is 0 Å². The second-order valence-corrected chi connectivity index (χ2v) is 6.33. The Hall–Kier alpha value is -0.510. The van der Waals surface area contributed by atoms with Crippen LogP contribution in [0.5, 0.6) is 0 Å². The Kier molecular flexibility index (Phi) is 6.19. The highest BCUT2D eigenvalue weighted by Crippen LogP contribution is 2.18. The average molecular weight is 295 g/mol. The van der Waals surface area contributed by atoms with E-state index in [1.165, 1.54) is 37.0 Å². The zero-order chi connectivity index (χ0) is 13.6. The fourth-order valence-electron chi connectivity index (χ4n) is 1.27. The minimum Gasteiger partial charge on any atom is -0.391 e. The molecule has 1 aromatic rings. The van der Waals surface area contributed by atoms with E-state index in [0.29, 0.717) is 11.5 Å².